The number of aliphatic imine (C=N–C) groups is 1. The number of nitrogens with zero attached hydrogens (tertiary/aromatic N) is 1. The molecule has 0 saturated carbocycles. The molecule has 0 atom stereocenters. The van der Waals surface area contributed by atoms with Crippen molar-refractivity contribution in [3.05, 3.63) is 52.4 Å². The van der Waals surface area contributed by atoms with Crippen LogP contribution in [0.1, 0.15) is 44.4 Å². The molecule has 0 spiro atoms. The van der Waals surface area contributed by atoms with E-state index in [1.54, 1.807) is 11.3 Å². The second-order valence-corrected chi connectivity index (χ2v) is 5.38. The van der Waals surface area contributed by atoms with E-state index in [0.29, 0.717) is 0 Å². The predicted octanol–water partition coefficient (Wildman–Crippen LogP) is 5.54. The third-order valence-corrected chi connectivity index (χ3v) is 3.14. The van der Waals surface area contributed by atoms with Crippen molar-refractivity contribution in [2.45, 2.75) is 41.5 Å². The van der Waals surface area contributed by atoms with Crippen LogP contribution < -0.4 is 5.32 Å². The Morgan fingerprint density at radius 1 is 1.30 bits per heavy atom. The molecule has 0 amide bonds. The van der Waals surface area contributed by atoms with Gasteiger partial charge in [0.05, 0.1) is 10.6 Å². The summed E-state index contributed by atoms with van der Waals surface area (Å²) in [6, 6.07) is 4.22. The van der Waals surface area contributed by atoms with Crippen molar-refractivity contribution in [2.24, 2.45) is 4.99 Å². The van der Waals surface area contributed by atoms with Crippen LogP contribution in [0.5, 0.6) is 0 Å². The first kappa shape index (κ1) is 18.4. The molecule has 3 heteroatoms. The second-order valence-electron chi connectivity index (χ2n) is 4.09. The first-order chi connectivity index (χ1) is 9.52. The van der Waals surface area contributed by atoms with Crippen LogP contribution in [0.2, 0.25) is 0 Å². The molecule has 0 bridgehead atoms. The van der Waals surface area contributed by atoms with Gasteiger partial charge in [-0.25, -0.2) is 4.99 Å². The highest BCUT2D eigenvalue weighted by molar-refractivity contribution is 7.13. The number of allylic oxidation sites excluding steroid dienone is 4. The summed E-state index contributed by atoms with van der Waals surface area (Å²) in [7, 11) is 0. The van der Waals surface area contributed by atoms with Crippen molar-refractivity contribution >= 4 is 22.9 Å². The molecule has 0 unspecified atom stereocenters. The summed E-state index contributed by atoms with van der Waals surface area (Å²) in [5.74, 6) is 0.851. The van der Waals surface area contributed by atoms with Crippen molar-refractivity contribution in [1.82, 2.24) is 5.32 Å². The van der Waals surface area contributed by atoms with E-state index in [0.717, 1.165) is 17.2 Å². The fraction of sp³-hybridized carbons (Fsp3) is 0.353. The predicted molar refractivity (Wildman–Crippen MR) is 94.3 cm³/mol. The Hall–Kier alpha value is -1.61. The van der Waals surface area contributed by atoms with Gasteiger partial charge in [-0.05, 0) is 45.9 Å². The second kappa shape index (κ2) is 10.2. The fourth-order valence-electron chi connectivity index (χ4n) is 1.45. The molecule has 1 rings (SSSR count). The molecule has 0 aromatic carbocycles. The molecule has 0 radical (unpaired) electrons. The minimum atomic E-state index is 0.851. The first-order valence-electron chi connectivity index (χ1n) is 6.90. The van der Waals surface area contributed by atoms with Gasteiger partial charge in [-0.1, -0.05) is 32.6 Å². The number of aryl methyl sites for hydroxylation is 1. The van der Waals surface area contributed by atoms with E-state index in [1.807, 2.05) is 52.8 Å². The van der Waals surface area contributed by atoms with Crippen LogP contribution in [-0.2, 0) is 0 Å². The Labute approximate surface area is 127 Å². The molecule has 20 heavy (non-hydrogen) atoms. The standard InChI is InChI=1S/C15H20N2S.C2H6/c1-6-7-8-14(15-10-9-12(4)18-15)17-13(5)16-11(2)3;1-2/h6-10H,2H2,1,3-5H3,(H,16,17);1-2H3/b7-6-,14-8-;. The van der Waals surface area contributed by atoms with Gasteiger partial charge in [0, 0.05) is 10.6 Å². The number of thiophene rings is 1. The van der Waals surface area contributed by atoms with Crippen molar-refractivity contribution in [3.63, 3.8) is 0 Å². The zero-order valence-corrected chi connectivity index (χ0v) is 14.3. The summed E-state index contributed by atoms with van der Waals surface area (Å²) >= 11 is 1.75. The lowest BCUT2D eigenvalue weighted by atomic mass is 10.3. The average molecular weight is 290 g/mol. The summed E-state index contributed by atoms with van der Waals surface area (Å²) in [6.07, 6.45) is 6.02. The molecular formula is C17H26N2S. The molecule has 1 aromatic rings. The molecule has 0 aliphatic carbocycles. The van der Waals surface area contributed by atoms with Gasteiger partial charge in [0.25, 0.3) is 0 Å². The maximum atomic E-state index is 4.60. The van der Waals surface area contributed by atoms with Gasteiger partial charge in [0.1, 0.15) is 5.84 Å². The zero-order valence-electron chi connectivity index (χ0n) is 13.4. The third kappa shape index (κ3) is 7.10. The van der Waals surface area contributed by atoms with E-state index in [-0.39, 0.29) is 0 Å². The van der Waals surface area contributed by atoms with Crippen LogP contribution in [0.4, 0.5) is 0 Å². The maximum Gasteiger partial charge on any atom is 0.103 e. The van der Waals surface area contributed by atoms with Crippen molar-refractivity contribution in [1.29, 1.82) is 0 Å². The third-order valence-electron chi connectivity index (χ3n) is 2.12. The van der Waals surface area contributed by atoms with Gasteiger partial charge in [0.2, 0.25) is 0 Å². The van der Waals surface area contributed by atoms with Crippen LogP contribution in [-0.4, -0.2) is 5.84 Å². The van der Waals surface area contributed by atoms with Gasteiger partial charge < -0.3 is 5.32 Å². The minimum Gasteiger partial charge on any atom is -0.348 e. The molecule has 0 aliphatic heterocycles. The SMILES string of the molecule is C=C(C)NC(C)=N/C(=C\C=C/C)c1ccc(C)s1.CC. The molecule has 110 valence electrons. The van der Waals surface area contributed by atoms with Gasteiger partial charge in [0.15, 0.2) is 0 Å². The lowest BCUT2D eigenvalue weighted by Gasteiger charge is -2.05. The molecule has 1 aromatic heterocycles. The Bertz CT molecular complexity index is 505. The Kier molecular flexibility index (Phi) is 9.39. The van der Waals surface area contributed by atoms with Crippen molar-refractivity contribution in [2.75, 3.05) is 0 Å². The lowest BCUT2D eigenvalue weighted by Crippen LogP contribution is -2.17. The Morgan fingerprint density at radius 2 is 1.95 bits per heavy atom. The molecule has 0 fully saturated rings. The van der Waals surface area contributed by atoms with Crippen molar-refractivity contribution < 1.29 is 0 Å². The van der Waals surface area contributed by atoms with E-state index >= 15 is 0 Å². The van der Waals surface area contributed by atoms with Crippen LogP contribution >= 0.6 is 11.3 Å². The molecule has 2 nitrogen and oxygen atoms in total. The summed E-state index contributed by atoms with van der Waals surface area (Å²) in [4.78, 5) is 7.07. The first-order valence-corrected chi connectivity index (χ1v) is 7.72. The van der Waals surface area contributed by atoms with E-state index in [4.69, 9.17) is 0 Å². The topological polar surface area (TPSA) is 24.4 Å². The summed E-state index contributed by atoms with van der Waals surface area (Å²) < 4.78 is 0. The van der Waals surface area contributed by atoms with E-state index in [1.165, 1.54) is 9.75 Å². The number of hydrogen-bond donors (Lipinski definition) is 1. The van der Waals surface area contributed by atoms with Crippen LogP contribution in [0, 0.1) is 6.92 Å². The molecule has 0 saturated heterocycles. The number of rotatable bonds is 4. The summed E-state index contributed by atoms with van der Waals surface area (Å²) in [5, 5.41) is 3.12. The van der Waals surface area contributed by atoms with Crippen molar-refractivity contribution in [3.8, 4) is 0 Å². The lowest BCUT2D eigenvalue weighted by molar-refractivity contribution is 1.11. The quantitative estimate of drug-likeness (QED) is 0.439. The molecular weight excluding hydrogens is 264 g/mol. The highest BCUT2D eigenvalue weighted by Gasteiger charge is 2.03. The average Bonchev–Trinajstić information content (AvgIpc) is 2.82. The number of hydrogen-bond acceptors (Lipinski definition) is 2. The van der Waals surface area contributed by atoms with E-state index < -0.39 is 0 Å². The Morgan fingerprint density at radius 3 is 2.40 bits per heavy atom. The van der Waals surface area contributed by atoms with Gasteiger partial charge in [-0.15, -0.1) is 11.3 Å². The summed E-state index contributed by atoms with van der Waals surface area (Å²) in [6.45, 7) is 15.8. The molecule has 1 N–H and O–H groups in total. The van der Waals surface area contributed by atoms with E-state index in [9.17, 15) is 0 Å². The minimum absolute atomic E-state index is 0.851. The van der Waals surface area contributed by atoms with Gasteiger partial charge in [-0.3, -0.25) is 0 Å². The fourth-order valence-corrected chi connectivity index (χ4v) is 2.29. The zero-order chi connectivity index (χ0) is 15.5. The summed E-state index contributed by atoms with van der Waals surface area (Å²) in [5.41, 5.74) is 1.86. The molecule has 0 aliphatic rings. The largest absolute Gasteiger partial charge is 0.348 e. The monoisotopic (exact) mass is 290 g/mol. The van der Waals surface area contributed by atoms with Crippen LogP contribution in [0.3, 0.4) is 0 Å². The number of amidine groups is 1. The van der Waals surface area contributed by atoms with E-state index in [2.05, 4.69) is 35.9 Å². The Balaban J connectivity index is 0.00000172. The highest BCUT2D eigenvalue weighted by atomic mass is 32.1. The van der Waals surface area contributed by atoms with Crippen LogP contribution in [0.15, 0.2) is 47.6 Å². The normalized spacial score (nSPS) is 12.1. The van der Waals surface area contributed by atoms with Crippen LogP contribution in [0.25, 0.3) is 5.70 Å². The van der Waals surface area contributed by atoms with Gasteiger partial charge in [-0.2, -0.15) is 0 Å². The number of nitrogens with one attached hydrogen (secondary N) is 1. The van der Waals surface area contributed by atoms with Gasteiger partial charge >= 0.3 is 0 Å². The maximum absolute atomic E-state index is 4.60. The molecule has 1 heterocycles. The smallest absolute Gasteiger partial charge is 0.103 e. The highest BCUT2D eigenvalue weighted by Crippen LogP contribution is 2.25.